The van der Waals surface area contributed by atoms with Crippen LogP contribution < -0.4 is 0 Å². The maximum Gasteiger partial charge on any atom is 0.227 e. The van der Waals surface area contributed by atoms with Crippen molar-refractivity contribution in [1.29, 1.82) is 0 Å². The van der Waals surface area contributed by atoms with Crippen LogP contribution in [0.15, 0.2) is 478 Å². The predicted molar refractivity (Wildman–Crippen MR) is 565 cm³/mol. The van der Waals surface area contributed by atoms with Crippen LogP contribution >= 0.6 is 0 Å². The highest BCUT2D eigenvalue weighted by Crippen LogP contribution is 2.52. The van der Waals surface area contributed by atoms with Crippen LogP contribution in [0.2, 0.25) is 0 Å². The first-order valence-corrected chi connectivity index (χ1v) is 46.6. The number of para-hydroxylation sites is 5. The van der Waals surface area contributed by atoms with Gasteiger partial charge in [0.25, 0.3) is 0 Å². The third-order valence-electron chi connectivity index (χ3n) is 26.1. The van der Waals surface area contributed by atoms with Gasteiger partial charge in [-0.05, 0) is 190 Å². The summed E-state index contributed by atoms with van der Waals surface area (Å²) < 4.78 is 8.25. The Hall–Kier alpha value is -18.6. The van der Waals surface area contributed by atoms with Crippen LogP contribution in [-0.4, -0.2) is 59.4 Å². The third-order valence-corrected chi connectivity index (χ3v) is 26.1. The lowest BCUT2D eigenvalue weighted by atomic mass is 9.81. The van der Waals surface area contributed by atoms with Gasteiger partial charge in [0, 0.05) is 72.3 Å². The van der Waals surface area contributed by atoms with Gasteiger partial charge in [-0.15, -0.1) is 0 Å². The summed E-state index contributed by atoms with van der Waals surface area (Å²) in [6, 6.07) is 163. The van der Waals surface area contributed by atoms with Crippen molar-refractivity contribution in [2.45, 2.75) is 19.3 Å². The molecule has 1 aliphatic carbocycles. The van der Waals surface area contributed by atoms with Crippen molar-refractivity contribution in [3.63, 3.8) is 0 Å². The molecule has 0 N–H and O–H groups in total. The number of hydrogen-bond acceptors (Lipinski definition) is 12. The molecule has 20 aromatic carbocycles. The van der Waals surface area contributed by atoms with Crippen LogP contribution in [-0.2, 0) is 5.41 Å². The number of nitrogens with zero attached hydrogens (tertiary/aromatic N) is 12. The molecule has 0 saturated carbocycles. The molecule has 0 bridgehead atoms. The molecule has 26 rings (SSSR count). The lowest BCUT2D eigenvalue weighted by Crippen LogP contribution is -2.14. The molecule has 139 heavy (non-hydrogen) atoms. The number of hydrogen-bond donors (Lipinski definition) is 0. The maximum absolute atomic E-state index is 6.02. The monoisotopic (exact) mass is 1780 g/mol. The van der Waals surface area contributed by atoms with E-state index >= 15 is 0 Å². The van der Waals surface area contributed by atoms with Crippen LogP contribution in [0.4, 0.5) is 0 Å². The zero-order valence-corrected chi connectivity index (χ0v) is 75.8. The molecular formula is C126H84N12O. The van der Waals surface area contributed by atoms with Crippen molar-refractivity contribution in [2.24, 2.45) is 0 Å². The summed E-state index contributed by atoms with van der Waals surface area (Å²) in [5.41, 5.74) is 27.0. The van der Waals surface area contributed by atoms with E-state index in [1.54, 1.807) is 0 Å². The molecule has 1 aliphatic rings. The fraction of sp³-hybridized carbons (Fsp3) is 0.0238. The molecule has 0 atom stereocenters. The van der Waals surface area contributed by atoms with Crippen LogP contribution in [0.3, 0.4) is 0 Å². The second-order valence-corrected chi connectivity index (χ2v) is 35.1. The Labute approximate surface area is 802 Å². The first-order valence-electron chi connectivity index (χ1n) is 46.6. The molecule has 0 aliphatic heterocycles. The molecule has 5 heterocycles. The molecule has 0 saturated heterocycles. The zero-order valence-electron chi connectivity index (χ0n) is 75.8. The van der Waals surface area contributed by atoms with Crippen molar-refractivity contribution in [1.82, 2.24) is 59.4 Å². The normalized spacial score (nSPS) is 11.9. The zero-order chi connectivity index (χ0) is 92.7. The van der Waals surface area contributed by atoms with E-state index in [1.165, 1.54) is 49.5 Å². The van der Waals surface area contributed by atoms with Crippen molar-refractivity contribution in [2.75, 3.05) is 0 Å². The number of benzene rings is 20. The Morgan fingerprint density at radius 2 is 0.518 bits per heavy atom. The molecule has 654 valence electrons. The summed E-state index contributed by atoms with van der Waals surface area (Å²) in [4.78, 5) is 55.3. The highest BCUT2D eigenvalue weighted by Gasteiger charge is 2.36. The molecule has 0 amide bonds. The van der Waals surface area contributed by atoms with Gasteiger partial charge in [0.1, 0.15) is 11.3 Å². The first kappa shape index (κ1) is 83.5. The van der Waals surface area contributed by atoms with Crippen molar-refractivity contribution < 1.29 is 4.42 Å². The Kier molecular flexibility index (Phi) is 21.7. The molecule has 13 heteroatoms. The molecule has 0 spiro atoms. The lowest BCUT2D eigenvalue weighted by molar-refractivity contribution is 0.620. The van der Waals surface area contributed by atoms with Crippen LogP contribution in [0, 0.1) is 0 Å². The molecule has 13 nitrogen and oxygen atoms in total. The van der Waals surface area contributed by atoms with Gasteiger partial charge in [-0.3, -0.25) is 4.57 Å². The fourth-order valence-electron chi connectivity index (χ4n) is 19.2. The number of rotatable bonds is 15. The van der Waals surface area contributed by atoms with Gasteiger partial charge in [-0.2, -0.15) is 0 Å². The number of fused-ring (bicyclic) bond motifs is 9. The van der Waals surface area contributed by atoms with Crippen molar-refractivity contribution in [3.8, 4) is 176 Å². The Balaban J connectivity index is 0.000000114. The van der Waals surface area contributed by atoms with Gasteiger partial charge >= 0.3 is 0 Å². The largest absolute Gasteiger partial charge is 0.436 e. The minimum Gasteiger partial charge on any atom is -0.436 e. The second kappa shape index (κ2) is 36.1. The highest BCUT2D eigenvalue weighted by atomic mass is 16.3. The highest BCUT2D eigenvalue weighted by molar-refractivity contribution is 6.09. The second-order valence-electron chi connectivity index (χ2n) is 35.1. The number of imidazole rings is 1. The average Bonchev–Trinajstić information content (AvgIpc) is 1.58. The summed E-state index contributed by atoms with van der Waals surface area (Å²) >= 11 is 0. The minimum atomic E-state index is -0.0700. The van der Waals surface area contributed by atoms with Gasteiger partial charge in [-0.1, -0.05) is 396 Å². The van der Waals surface area contributed by atoms with E-state index in [1.807, 2.05) is 194 Å². The maximum atomic E-state index is 6.02. The van der Waals surface area contributed by atoms with Crippen LogP contribution in [0.5, 0.6) is 0 Å². The van der Waals surface area contributed by atoms with E-state index in [0.717, 1.165) is 144 Å². The van der Waals surface area contributed by atoms with E-state index in [0.29, 0.717) is 58.3 Å². The Bertz CT molecular complexity index is 8740. The fourth-order valence-corrected chi connectivity index (χ4v) is 19.2. The molecule has 5 aromatic heterocycles. The SMILES string of the molecule is CC1(C)c2ccccc2-c2ccc(-c3ccc(-c4cc5ccccc5cc4-c4nc(-c5ccccc5)nc(-c5ccccc5)n4)c4ccccc34)cc21.c1ccc(-c2nc(-c3ccccc3)nc(-c3cc4ccccc4cc3-c3ccc(-c4nc5ccccc5o4)cc3)n2)cc1.c1ccc(-c2nc(-c3ccccc3)nc(-c3cc4ccccc4cc3-c3nc4ccccc4n3-c3ccccc3)n2)cc1. The van der Waals surface area contributed by atoms with E-state index in [2.05, 4.69) is 302 Å². The van der Waals surface area contributed by atoms with E-state index < -0.39 is 0 Å². The van der Waals surface area contributed by atoms with Gasteiger partial charge in [0.05, 0.1) is 11.0 Å². The third kappa shape index (κ3) is 16.2. The van der Waals surface area contributed by atoms with E-state index in [9.17, 15) is 0 Å². The average molecular weight is 1780 g/mol. The molecule has 0 unspecified atom stereocenters. The first-order chi connectivity index (χ1) is 68.6. The standard InChI is InChI=1S/C50H35N3.C38H25N5.C38H24N4O/c1-50(2)45-24-14-13-23-41(45)42-26-25-36(31-46(42)50)37-27-28-40(39-22-12-11-21-38(37)39)43-29-34-19-9-10-20-35(34)30-44(43)49-52-47(32-15-5-3-6-16-32)51-48(53-49)33-17-7-4-8-18-33;1-4-14-26(15-5-1)35-40-36(27-16-6-2-7-17-27)42-37(41-35)31-24-28-18-10-11-19-29(28)25-32(31)38-39-33-22-12-13-23-34(33)43(38)30-20-8-3-9-21-30;1-3-11-26(12-4-1)35-40-36(27-13-5-2-6-14-27)42-37(41-35)32-24-30-16-8-7-15-29(30)23-31(32)25-19-21-28(22-20-25)38-39-33-17-9-10-18-34(33)43-38/h3-31H,1-2H3;1-25H;1-24H. The Morgan fingerprint density at radius 3 is 0.986 bits per heavy atom. The van der Waals surface area contributed by atoms with Crippen molar-refractivity contribution >= 4 is 65.2 Å². The predicted octanol–water partition coefficient (Wildman–Crippen LogP) is 31.4. The smallest absolute Gasteiger partial charge is 0.227 e. The molecule has 25 aromatic rings. The summed E-state index contributed by atoms with van der Waals surface area (Å²) in [5, 5.41) is 9.18. The summed E-state index contributed by atoms with van der Waals surface area (Å²) in [7, 11) is 0. The van der Waals surface area contributed by atoms with Gasteiger partial charge in [-0.25, -0.2) is 54.8 Å². The quantitative estimate of drug-likeness (QED) is 0.0957. The summed E-state index contributed by atoms with van der Waals surface area (Å²) in [6.45, 7) is 4.69. The Morgan fingerprint density at radius 1 is 0.194 bits per heavy atom. The lowest BCUT2D eigenvalue weighted by Gasteiger charge is -2.22. The van der Waals surface area contributed by atoms with Crippen molar-refractivity contribution in [3.05, 3.63) is 484 Å². The van der Waals surface area contributed by atoms with Crippen LogP contribution in [0.1, 0.15) is 25.0 Å². The van der Waals surface area contributed by atoms with Gasteiger partial charge in [0.15, 0.2) is 58.0 Å². The molecule has 0 fully saturated rings. The number of oxazole rings is 1. The number of aromatic nitrogens is 12. The van der Waals surface area contributed by atoms with Crippen LogP contribution in [0.25, 0.3) is 241 Å². The van der Waals surface area contributed by atoms with Gasteiger partial charge in [0.2, 0.25) is 5.89 Å². The summed E-state index contributed by atoms with van der Waals surface area (Å²) in [5.74, 6) is 7.11. The topological polar surface area (TPSA) is 160 Å². The van der Waals surface area contributed by atoms with Gasteiger partial charge < -0.3 is 4.42 Å². The molecular weight excluding hydrogens is 1700 g/mol. The molecule has 0 radical (unpaired) electrons. The minimum absolute atomic E-state index is 0.0700. The van der Waals surface area contributed by atoms with E-state index in [-0.39, 0.29) is 5.41 Å². The summed E-state index contributed by atoms with van der Waals surface area (Å²) in [6.07, 6.45) is 0. The van der Waals surface area contributed by atoms with E-state index in [4.69, 9.17) is 54.3 Å².